The maximum atomic E-state index is 12.8. The van der Waals surface area contributed by atoms with Gasteiger partial charge in [-0.1, -0.05) is 0 Å². The SMILES string of the molecule is O=S(=O)(NCCc1c[nH]c2ncccc12)c1ccc(F)cc1. The molecule has 5 nitrogen and oxygen atoms in total. The van der Waals surface area contributed by atoms with E-state index in [2.05, 4.69) is 14.7 Å². The zero-order valence-electron chi connectivity index (χ0n) is 11.6. The minimum Gasteiger partial charge on any atom is -0.346 e. The predicted molar refractivity (Wildman–Crippen MR) is 81.4 cm³/mol. The van der Waals surface area contributed by atoms with Gasteiger partial charge in [0.15, 0.2) is 0 Å². The lowest BCUT2D eigenvalue weighted by Crippen LogP contribution is -2.25. The van der Waals surface area contributed by atoms with Gasteiger partial charge in [0.1, 0.15) is 11.5 Å². The second-order valence-corrected chi connectivity index (χ2v) is 6.58. The number of pyridine rings is 1. The normalized spacial score (nSPS) is 11.9. The summed E-state index contributed by atoms with van der Waals surface area (Å²) in [7, 11) is -3.63. The number of hydrogen-bond acceptors (Lipinski definition) is 3. The Bertz CT molecular complexity index is 889. The molecule has 0 bridgehead atoms. The first-order chi connectivity index (χ1) is 10.6. The Morgan fingerprint density at radius 1 is 1.18 bits per heavy atom. The molecule has 0 atom stereocenters. The highest BCUT2D eigenvalue weighted by molar-refractivity contribution is 7.89. The average molecular weight is 319 g/mol. The second kappa shape index (κ2) is 5.86. The molecule has 2 heterocycles. The molecule has 0 fully saturated rings. The fourth-order valence-corrected chi connectivity index (χ4v) is 3.27. The molecule has 0 saturated carbocycles. The van der Waals surface area contributed by atoms with Crippen molar-refractivity contribution in [3.8, 4) is 0 Å². The lowest BCUT2D eigenvalue weighted by molar-refractivity contribution is 0.581. The molecule has 0 saturated heterocycles. The molecule has 22 heavy (non-hydrogen) atoms. The second-order valence-electron chi connectivity index (χ2n) is 4.82. The lowest BCUT2D eigenvalue weighted by Gasteiger charge is -2.06. The molecule has 2 N–H and O–H groups in total. The zero-order chi connectivity index (χ0) is 15.6. The monoisotopic (exact) mass is 319 g/mol. The Balaban J connectivity index is 1.68. The predicted octanol–water partition coefficient (Wildman–Crippen LogP) is 2.22. The summed E-state index contributed by atoms with van der Waals surface area (Å²) in [6.45, 7) is 0.252. The summed E-state index contributed by atoms with van der Waals surface area (Å²) >= 11 is 0. The van der Waals surface area contributed by atoms with Crippen LogP contribution in [0.3, 0.4) is 0 Å². The van der Waals surface area contributed by atoms with E-state index in [1.54, 1.807) is 6.20 Å². The van der Waals surface area contributed by atoms with Gasteiger partial charge in [-0.15, -0.1) is 0 Å². The molecule has 3 aromatic rings. The van der Waals surface area contributed by atoms with E-state index in [1.165, 1.54) is 12.1 Å². The molecule has 3 rings (SSSR count). The zero-order valence-corrected chi connectivity index (χ0v) is 12.4. The summed E-state index contributed by atoms with van der Waals surface area (Å²) in [5, 5.41) is 0.975. The van der Waals surface area contributed by atoms with Crippen LogP contribution in [-0.2, 0) is 16.4 Å². The van der Waals surface area contributed by atoms with Gasteiger partial charge in [0.2, 0.25) is 10.0 Å². The molecule has 0 amide bonds. The molecule has 0 aliphatic carbocycles. The molecule has 0 spiro atoms. The summed E-state index contributed by atoms with van der Waals surface area (Å²) in [4.78, 5) is 7.28. The lowest BCUT2D eigenvalue weighted by atomic mass is 10.2. The number of aromatic nitrogens is 2. The minimum atomic E-state index is -3.63. The van der Waals surface area contributed by atoms with E-state index in [0.717, 1.165) is 28.7 Å². The van der Waals surface area contributed by atoms with Crippen molar-refractivity contribution < 1.29 is 12.8 Å². The van der Waals surface area contributed by atoms with Gasteiger partial charge in [0, 0.05) is 24.3 Å². The number of hydrogen-bond donors (Lipinski definition) is 2. The van der Waals surface area contributed by atoms with E-state index in [1.807, 2.05) is 18.3 Å². The van der Waals surface area contributed by atoms with Crippen LogP contribution in [0.25, 0.3) is 11.0 Å². The van der Waals surface area contributed by atoms with Crippen molar-refractivity contribution in [1.82, 2.24) is 14.7 Å². The minimum absolute atomic E-state index is 0.0505. The fourth-order valence-electron chi connectivity index (χ4n) is 2.24. The van der Waals surface area contributed by atoms with Gasteiger partial charge in [-0.3, -0.25) is 0 Å². The van der Waals surface area contributed by atoms with E-state index in [9.17, 15) is 12.8 Å². The van der Waals surface area contributed by atoms with Crippen LogP contribution in [0.1, 0.15) is 5.56 Å². The van der Waals surface area contributed by atoms with Crippen molar-refractivity contribution in [3.63, 3.8) is 0 Å². The van der Waals surface area contributed by atoms with Gasteiger partial charge in [0.25, 0.3) is 0 Å². The first kappa shape index (κ1) is 14.7. The van der Waals surface area contributed by atoms with Gasteiger partial charge in [0.05, 0.1) is 4.90 Å². The molecule has 0 aliphatic rings. The van der Waals surface area contributed by atoms with Crippen molar-refractivity contribution in [2.75, 3.05) is 6.54 Å². The Hall–Kier alpha value is -2.25. The van der Waals surface area contributed by atoms with E-state index < -0.39 is 15.8 Å². The highest BCUT2D eigenvalue weighted by atomic mass is 32.2. The number of nitrogens with zero attached hydrogens (tertiary/aromatic N) is 1. The molecule has 114 valence electrons. The fraction of sp³-hybridized carbons (Fsp3) is 0.133. The Kier molecular flexibility index (Phi) is 3.91. The van der Waals surface area contributed by atoms with E-state index in [-0.39, 0.29) is 11.4 Å². The standard InChI is InChI=1S/C15H14FN3O2S/c16-12-3-5-13(6-4-12)22(20,21)19-9-7-11-10-18-15-14(11)2-1-8-17-15/h1-6,8,10,19H,7,9H2,(H,17,18). The number of rotatable bonds is 5. The van der Waals surface area contributed by atoms with Crippen molar-refractivity contribution in [2.24, 2.45) is 0 Å². The maximum Gasteiger partial charge on any atom is 0.240 e. The number of halogens is 1. The van der Waals surface area contributed by atoms with Crippen LogP contribution in [-0.4, -0.2) is 24.9 Å². The third-order valence-corrected chi connectivity index (χ3v) is 4.82. The van der Waals surface area contributed by atoms with Gasteiger partial charge in [-0.25, -0.2) is 22.5 Å². The largest absolute Gasteiger partial charge is 0.346 e. The number of benzene rings is 1. The molecular weight excluding hydrogens is 305 g/mol. The molecule has 2 aromatic heterocycles. The highest BCUT2D eigenvalue weighted by Gasteiger charge is 2.13. The first-order valence-corrected chi connectivity index (χ1v) is 8.21. The van der Waals surface area contributed by atoms with Gasteiger partial charge < -0.3 is 4.98 Å². The van der Waals surface area contributed by atoms with Crippen molar-refractivity contribution in [1.29, 1.82) is 0 Å². The van der Waals surface area contributed by atoms with Crippen LogP contribution in [0.4, 0.5) is 4.39 Å². The molecule has 0 aliphatic heterocycles. The molecular formula is C15H14FN3O2S. The number of aromatic amines is 1. The number of sulfonamides is 1. The first-order valence-electron chi connectivity index (χ1n) is 6.72. The van der Waals surface area contributed by atoms with Gasteiger partial charge in [-0.05, 0) is 48.4 Å². The highest BCUT2D eigenvalue weighted by Crippen LogP contribution is 2.16. The maximum absolute atomic E-state index is 12.8. The van der Waals surface area contributed by atoms with Crippen LogP contribution in [0.5, 0.6) is 0 Å². The molecule has 0 unspecified atom stereocenters. The third kappa shape index (κ3) is 3.00. The summed E-state index contributed by atoms with van der Waals surface area (Å²) in [6.07, 6.45) is 4.05. The topological polar surface area (TPSA) is 74.8 Å². The van der Waals surface area contributed by atoms with E-state index in [0.29, 0.717) is 6.42 Å². The number of fused-ring (bicyclic) bond motifs is 1. The van der Waals surface area contributed by atoms with Crippen LogP contribution >= 0.6 is 0 Å². The quantitative estimate of drug-likeness (QED) is 0.757. The van der Waals surface area contributed by atoms with Gasteiger partial charge in [-0.2, -0.15) is 0 Å². The Morgan fingerprint density at radius 3 is 2.73 bits per heavy atom. The Labute approximate surface area is 127 Å². The van der Waals surface area contributed by atoms with Gasteiger partial charge >= 0.3 is 0 Å². The summed E-state index contributed by atoms with van der Waals surface area (Å²) < 4.78 is 39.5. The summed E-state index contributed by atoms with van der Waals surface area (Å²) in [5.41, 5.74) is 1.77. The summed E-state index contributed by atoms with van der Waals surface area (Å²) in [6, 6.07) is 8.51. The summed E-state index contributed by atoms with van der Waals surface area (Å²) in [5.74, 6) is -0.467. The third-order valence-electron chi connectivity index (χ3n) is 3.35. The van der Waals surface area contributed by atoms with Crippen LogP contribution in [0, 0.1) is 5.82 Å². The van der Waals surface area contributed by atoms with Crippen LogP contribution in [0.2, 0.25) is 0 Å². The smallest absolute Gasteiger partial charge is 0.240 e. The van der Waals surface area contributed by atoms with E-state index >= 15 is 0 Å². The average Bonchev–Trinajstić information content (AvgIpc) is 2.91. The molecule has 7 heteroatoms. The molecule has 1 aromatic carbocycles. The number of nitrogens with one attached hydrogen (secondary N) is 2. The van der Waals surface area contributed by atoms with Crippen molar-refractivity contribution in [2.45, 2.75) is 11.3 Å². The van der Waals surface area contributed by atoms with Crippen LogP contribution < -0.4 is 4.72 Å². The van der Waals surface area contributed by atoms with Crippen molar-refractivity contribution >= 4 is 21.1 Å². The van der Waals surface area contributed by atoms with Crippen LogP contribution in [0.15, 0.2) is 53.7 Å². The van der Waals surface area contributed by atoms with Crippen molar-refractivity contribution in [3.05, 3.63) is 60.2 Å². The Morgan fingerprint density at radius 2 is 1.95 bits per heavy atom. The number of H-pyrrole nitrogens is 1. The molecule has 0 radical (unpaired) electrons. The van der Waals surface area contributed by atoms with E-state index in [4.69, 9.17) is 0 Å².